The van der Waals surface area contributed by atoms with Gasteiger partial charge >= 0.3 is 0 Å². The molecule has 0 spiro atoms. The largest absolute Gasteiger partial charge is 0.607 e. The highest BCUT2D eigenvalue weighted by atomic mass is 32.2. The molecule has 78 valence electrons. The minimum atomic E-state index is -1.09. The zero-order valence-electron chi connectivity index (χ0n) is 8.46. The summed E-state index contributed by atoms with van der Waals surface area (Å²) < 4.78 is 12.0. The van der Waals surface area contributed by atoms with Gasteiger partial charge in [0.05, 0.1) is 11.1 Å². The van der Waals surface area contributed by atoms with Gasteiger partial charge in [0.1, 0.15) is 5.41 Å². The Morgan fingerprint density at radius 1 is 1.06 bits per heavy atom. The van der Waals surface area contributed by atoms with Gasteiger partial charge in [-0.2, -0.15) is 0 Å². The van der Waals surface area contributed by atoms with Crippen LogP contribution in [0.25, 0.3) is 10.8 Å². The third-order valence-electron chi connectivity index (χ3n) is 2.56. The predicted octanol–water partition coefficient (Wildman–Crippen LogP) is 3.18. The lowest BCUT2D eigenvalue weighted by molar-refractivity contribution is 0.604. The molecule has 1 aliphatic heterocycles. The summed E-state index contributed by atoms with van der Waals surface area (Å²) in [4.78, 5) is 5.19. The zero-order valence-corrected chi connectivity index (χ0v) is 9.28. The summed E-state index contributed by atoms with van der Waals surface area (Å²) in [7, 11) is 0. The summed E-state index contributed by atoms with van der Waals surface area (Å²) in [6.07, 6.45) is 3.41. The van der Waals surface area contributed by atoms with E-state index in [1.54, 1.807) is 17.7 Å². The Morgan fingerprint density at radius 3 is 2.75 bits per heavy atom. The monoisotopic (exact) mass is 227 g/mol. The summed E-state index contributed by atoms with van der Waals surface area (Å²) in [6, 6.07) is 11.8. The van der Waals surface area contributed by atoms with Crippen molar-refractivity contribution >= 4 is 33.9 Å². The molecule has 1 heterocycles. The molecule has 3 heteroatoms. The number of hydrogen-bond donors (Lipinski definition) is 0. The molecule has 0 bridgehead atoms. The Hall–Kier alpha value is -1.58. The summed E-state index contributed by atoms with van der Waals surface area (Å²) in [5.74, 6) is 0. The SMILES string of the molecule is [O-][S+]1C=CC=Nc2cccc3cccc1c23. The summed E-state index contributed by atoms with van der Waals surface area (Å²) in [5, 5.41) is 3.73. The number of nitrogens with zero attached hydrogens (tertiary/aromatic N) is 1. The van der Waals surface area contributed by atoms with Gasteiger partial charge in [-0.3, -0.25) is 4.99 Å². The van der Waals surface area contributed by atoms with Crippen molar-refractivity contribution in [1.29, 1.82) is 0 Å². The topological polar surface area (TPSA) is 35.4 Å². The molecule has 0 N–H and O–H groups in total. The lowest BCUT2D eigenvalue weighted by Crippen LogP contribution is -1.99. The van der Waals surface area contributed by atoms with Gasteiger partial charge < -0.3 is 4.55 Å². The van der Waals surface area contributed by atoms with Gasteiger partial charge in [-0.25, -0.2) is 0 Å². The molecule has 0 amide bonds. The second-order valence-electron chi connectivity index (χ2n) is 3.54. The first kappa shape index (κ1) is 9.63. The molecule has 0 saturated heterocycles. The summed E-state index contributed by atoms with van der Waals surface area (Å²) >= 11 is -1.09. The van der Waals surface area contributed by atoms with E-state index in [1.807, 2.05) is 36.4 Å². The molecular weight excluding hydrogens is 218 g/mol. The zero-order chi connectivity index (χ0) is 11.0. The van der Waals surface area contributed by atoms with Gasteiger partial charge in [0.2, 0.25) is 0 Å². The van der Waals surface area contributed by atoms with Crippen LogP contribution in [0.3, 0.4) is 0 Å². The maximum absolute atomic E-state index is 12.0. The first-order chi connectivity index (χ1) is 7.86. The van der Waals surface area contributed by atoms with Gasteiger partial charge in [-0.1, -0.05) is 24.3 Å². The lowest BCUT2D eigenvalue weighted by atomic mass is 10.1. The Bertz CT molecular complexity index is 599. The minimum absolute atomic E-state index is 0.834. The predicted molar refractivity (Wildman–Crippen MR) is 67.6 cm³/mol. The average Bonchev–Trinajstić information content (AvgIpc) is 2.32. The van der Waals surface area contributed by atoms with Crippen LogP contribution < -0.4 is 0 Å². The highest BCUT2D eigenvalue weighted by Gasteiger charge is 2.15. The van der Waals surface area contributed by atoms with Gasteiger partial charge in [0.15, 0.2) is 4.90 Å². The van der Waals surface area contributed by atoms with Crippen LogP contribution in [0.4, 0.5) is 5.69 Å². The molecular formula is C13H9NOS. The van der Waals surface area contributed by atoms with Crippen LogP contribution in [0.15, 0.2) is 57.8 Å². The van der Waals surface area contributed by atoms with E-state index in [0.717, 1.165) is 21.4 Å². The number of aliphatic imine (C=N–C) groups is 1. The minimum Gasteiger partial charge on any atom is -0.607 e. The first-order valence-electron chi connectivity index (χ1n) is 4.99. The molecule has 3 rings (SSSR count). The van der Waals surface area contributed by atoms with Gasteiger partial charge in [-0.05, 0) is 17.5 Å². The number of rotatable bonds is 0. The molecule has 2 nitrogen and oxygen atoms in total. The second kappa shape index (κ2) is 3.77. The molecule has 2 aromatic rings. The van der Waals surface area contributed by atoms with Gasteiger partial charge in [-0.15, -0.1) is 0 Å². The average molecular weight is 227 g/mol. The van der Waals surface area contributed by atoms with E-state index in [-0.39, 0.29) is 0 Å². The van der Waals surface area contributed by atoms with E-state index in [1.165, 1.54) is 0 Å². The molecule has 0 aliphatic carbocycles. The number of allylic oxidation sites excluding steroid dienone is 1. The van der Waals surface area contributed by atoms with E-state index >= 15 is 0 Å². The van der Waals surface area contributed by atoms with E-state index < -0.39 is 11.2 Å². The molecule has 0 fully saturated rings. The van der Waals surface area contributed by atoms with E-state index in [2.05, 4.69) is 4.99 Å². The molecule has 2 aromatic carbocycles. The third-order valence-corrected chi connectivity index (χ3v) is 3.74. The molecule has 0 radical (unpaired) electrons. The van der Waals surface area contributed by atoms with Crippen molar-refractivity contribution in [3.8, 4) is 0 Å². The Labute approximate surface area is 96.5 Å². The van der Waals surface area contributed by atoms with Crippen LogP contribution in [0.5, 0.6) is 0 Å². The Balaban J connectivity index is 2.46. The highest BCUT2D eigenvalue weighted by molar-refractivity contribution is 7.94. The summed E-state index contributed by atoms with van der Waals surface area (Å²) in [5.41, 5.74) is 0.880. The van der Waals surface area contributed by atoms with Crippen molar-refractivity contribution in [3.63, 3.8) is 0 Å². The molecule has 0 aromatic heterocycles. The van der Waals surface area contributed by atoms with Crippen LogP contribution in [-0.2, 0) is 11.2 Å². The van der Waals surface area contributed by atoms with E-state index in [9.17, 15) is 4.55 Å². The van der Waals surface area contributed by atoms with E-state index in [4.69, 9.17) is 0 Å². The van der Waals surface area contributed by atoms with Gasteiger partial charge in [0.25, 0.3) is 0 Å². The van der Waals surface area contributed by atoms with Crippen molar-refractivity contribution in [2.45, 2.75) is 4.90 Å². The van der Waals surface area contributed by atoms with Gasteiger partial charge in [0, 0.05) is 23.5 Å². The molecule has 1 atom stereocenters. The quantitative estimate of drug-likeness (QED) is 0.637. The molecule has 16 heavy (non-hydrogen) atoms. The standard InChI is InChI=1S/C13H9NOS/c15-16-9-3-8-14-11-6-1-4-10-5-2-7-12(16)13(10)11/h1-9H. The van der Waals surface area contributed by atoms with Crippen molar-refractivity contribution in [3.05, 3.63) is 47.9 Å². The van der Waals surface area contributed by atoms with Crippen LogP contribution >= 0.6 is 0 Å². The Morgan fingerprint density at radius 2 is 1.88 bits per heavy atom. The number of benzene rings is 2. The fourth-order valence-corrected chi connectivity index (χ4v) is 2.86. The normalized spacial score (nSPS) is 18.4. The maximum Gasteiger partial charge on any atom is 0.167 e. The maximum atomic E-state index is 12.0. The number of hydrogen-bond acceptors (Lipinski definition) is 2. The lowest BCUT2D eigenvalue weighted by Gasteiger charge is -2.11. The van der Waals surface area contributed by atoms with E-state index in [0.29, 0.717) is 0 Å². The molecule has 0 saturated carbocycles. The van der Waals surface area contributed by atoms with Crippen molar-refractivity contribution < 1.29 is 4.55 Å². The fraction of sp³-hybridized carbons (Fsp3) is 0. The fourth-order valence-electron chi connectivity index (χ4n) is 1.87. The second-order valence-corrected chi connectivity index (χ2v) is 4.84. The van der Waals surface area contributed by atoms with Crippen LogP contribution in [0, 0.1) is 0 Å². The summed E-state index contributed by atoms with van der Waals surface area (Å²) in [6.45, 7) is 0. The highest BCUT2D eigenvalue weighted by Crippen LogP contribution is 2.33. The first-order valence-corrected chi connectivity index (χ1v) is 6.21. The van der Waals surface area contributed by atoms with Crippen LogP contribution in [-0.4, -0.2) is 10.8 Å². The van der Waals surface area contributed by atoms with Crippen LogP contribution in [0.2, 0.25) is 0 Å². The smallest absolute Gasteiger partial charge is 0.167 e. The third kappa shape index (κ3) is 1.45. The van der Waals surface area contributed by atoms with Crippen LogP contribution in [0.1, 0.15) is 0 Å². The van der Waals surface area contributed by atoms with Crippen molar-refractivity contribution in [2.24, 2.45) is 4.99 Å². The van der Waals surface area contributed by atoms with Crippen molar-refractivity contribution in [2.75, 3.05) is 0 Å². The molecule has 1 aliphatic rings. The van der Waals surface area contributed by atoms with Crippen molar-refractivity contribution in [1.82, 2.24) is 0 Å². The Kier molecular flexibility index (Phi) is 2.27. The molecule has 1 unspecified atom stereocenters.